The third kappa shape index (κ3) is 2.80. The second-order valence-electron chi connectivity index (χ2n) is 3.99. The molecule has 0 saturated carbocycles. The van der Waals surface area contributed by atoms with Gasteiger partial charge >= 0.3 is 5.69 Å². The number of halogens is 1. The largest absolute Gasteiger partial charge is 0.497 e. The van der Waals surface area contributed by atoms with Crippen LogP contribution in [0.15, 0.2) is 36.4 Å². The molecule has 0 amide bonds. The van der Waals surface area contributed by atoms with Gasteiger partial charge in [-0.25, -0.2) is 4.98 Å². The predicted molar refractivity (Wildman–Crippen MR) is 77.0 cm³/mol. The molecule has 0 bridgehead atoms. The molecule has 0 unspecified atom stereocenters. The third-order valence-electron chi connectivity index (χ3n) is 2.79. The van der Waals surface area contributed by atoms with Gasteiger partial charge in [0.1, 0.15) is 10.9 Å². The van der Waals surface area contributed by atoms with Gasteiger partial charge in [-0.15, -0.1) is 0 Å². The van der Waals surface area contributed by atoms with E-state index in [2.05, 4.69) is 4.98 Å². The lowest BCUT2D eigenvalue weighted by molar-refractivity contribution is -0.384. The summed E-state index contributed by atoms with van der Waals surface area (Å²) in [7, 11) is 3.26. The quantitative estimate of drug-likeness (QED) is 0.491. The molecule has 104 valence electrons. The first-order valence-electron chi connectivity index (χ1n) is 5.71. The topological polar surface area (TPSA) is 68.5 Å². The molecule has 1 aromatic heterocycles. The van der Waals surface area contributed by atoms with Gasteiger partial charge in [0, 0.05) is 18.8 Å². The van der Waals surface area contributed by atoms with E-state index in [1.807, 2.05) is 0 Å². The lowest BCUT2D eigenvalue weighted by Crippen LogP contribution is -2.13. The number of aromatic nitrogens is 1. The lowest BCUT2D eigenvalue weighted by atomic mass is 10.2. The van der Waals surface area contributed by atoms with E-state index >= 15 is 0 Å². The maximum Gasteiger partial charge on any atom is 0.312 e. The number of hydrogen-bond donors (Lipinski definition) is 0. The Hall–Kier alpha value is -2.34. The minimum absolute atomic E-state index is 0.104. The van der Waals surface area contributed by atoms with Gasteiger partial charge in [-0.2, -0.15) is 0 Å². The molecule has 0 N–H and O–H groups in total. The Morgan fingerprint density at radius 2 is 1.90 bits per heavy atom. The molecule has 0 spiro atoms. The highest BCUT2D eigenvalue weighted by atomic mass is 35.5. The van der Waals surface area contributed by atoms with Crippen LogP contribution in [0.25, 0.3) is 0 Å². The van der Waals surface area contributed by atoms with E-state index in [1.54, 1.807) is 43.3 Å². The predicted octanol–water partition coefficient (Wildman–Crippen LogP) is 3.42. The lowest BCUT2D eigenvalue weighted by Gasteiger charge is -2.18. The van der Waals surface area contributed by atoms with E-state index < -0.39 is 4.92 Å². The van der Waals surface area contributed by atoms with Crippen molar-refractivity contribution in [3.05, 3.63) is 51.7 Å². The highest BCUT2D eigenvalue weighted by Gasteiger charge is 2.20. The molecular formula is C13H12ClN3O3. The normalized spacial score (nSPS) is 10.2. The number of hydrogen-bond acceptors (Lipinski definition) is 5. The molecule has 0 aliphatic rings. The summed E-state index contributed by atoms with van der Waals surface area (Å²) in [5.74, 6) is 0.892. The molecular weight excluding hydrogens is 282 g/mol. The van der Waals surface area contributed by atoms with Crippen LogP contribution in [0.1, 0.15) is 0 Å². The molecule has 0 aliphatic carbocycles. The summed E-state index contributed by atoms with van der Waals surface area (Å²) in [5.41, 5.74) is 0.636. The van der Waals surface area contributed by atoms with Crippen molar-refractivity contribution in [2.75, 3.05) is 19.1 Å². The van der Waals surface area contributed by atoms with Crippen molar-refractivity contribution in [3.63, 3.8) is 0 Å². The van der Waals surface area contributed by atoms with Gasteiger partial charge in [-0.05, 0) is 30.3 Å². The Balaban J connectivity index is 2.43. The van der Waals surface area contributed by atoms with Gasteiger partial charge in [-0.1, -0.05) is 11.6 Å². The number of benzene rings is 1. The number of pyridine rings is 1. The zero-order valence-electron chi connectivity index (χ0n) is 10.9. The van der Waals surface area contributed by atoms with E-state index in [4.69, 9.17) is 16.3 Å². The van der Waals surface area contributed by atoms with Crippen LogP contribution in [-0.2, 0) is 0 Å². The van der Waals surface area contributed by atoms with E-state index in [0.717, 1.165) is 5.69 Å². The summed E-state index contributed by atoms with van der Waals surface area (Å²) < 4.78 is 5.07. The Morgan fingerprint density at radius 1 is 1.25 bits per heavy atom. The van der Waals surface area contributed by atoms with Crippen molar-refractivity contribution in [2.24, 2.45) is 0 Å². The van der Waals surface area contributed by atoms with Gasteiger partial charge in [0.25, 0.3) is 0 Å². The summed E-state index contributed by atoms with van der Waals surface area (Å²) in [6.07, 6.45) is 0. The Labute approximate surface area is 120 Å². The van der Waals surface area contributed by atoms with Gasteiger partial charge < -0.3 is 9.64 Å². The zero-order chi connectivity index (χ0) is 14.7. The Kier molecular flexibility index (Phi) is 4.05. The molecule has 20 heavy (non-hydrogen) atoms. The van der Waals surface area contributed by atoms with E-state index in [9.17, 15) is 10.1 Å². The fourth-order valence-electron chi connectivity index (χ4n) is 1.74. The molecule has 2 rings (SSSR count). The van der Waals surface area contributed by atoms with Crippen LogP contribution in [0.3, 0.4) is 0 Å². The van der Waals surface area contributed by atoms with Crippen LogP contribution in [0.4, 0.5) is 17.2 Å². The SMILES string of the molecule is COc1ccc(N(C)c2nc(Cl)ccc2[N+](=O)[O-])cc1. The number of anilines is 2. The fraction of sp³-hybridized carbons (Fsp3) is 0.154. The van der Waals surface area contributed by atoms with E-state index in [1.165, 1.54) is 12.1 Å². The molecule has 0 aliphatic heterocycles. The summed E-state index contributed by atoms with van der Waals surface area (Å²) in [6, 6.07) is 9.83. The highest BCUT2D eigenvalue weighted by Crippen LogP contribution is 2.32. The van der Waals surface area contributed by atoms with Crippen LogP contribution >= 0.6 is 11.6 Å². The average molecular weight is 294 g/mol. The smallest absolute Gasteiger partial charge is 0.312 e. The van der Waals surface area contributed by atoms with Crippen LogP contribution in [-0.4, -0.2) is 24.1 Å². The van der Waals surface area contributed by atoms with Crippen molar-refractivity contribution in [1.29, 1.82) is 0 Å². The Bertz CT molecular complexity index is 631. The molecule has 0 saturated heterocycles. The standard InChI is InChI=1S/C13H12ClN3O3/c1-16(9-3-5-10(20-2)6-4-9)13-11(17(18)19)7-8-12(14)15-13/h3-8H,1-2H3. The number of ether oxygens (including phenoxy) is 1. The van der Waals surface area contributed by atoms with Crippen LogP contribution in [0, 0.1) is 10.1 Å². The molecule has 2 aromatic rings. The Morgan fingerprint density at radius 3 is 2.45 bits per heavy atom. The number of nitro groups is 1. The minimum Gasteiger partial charge on any atom is -0.497 e. The summed E-state index contributed by atoms with van der Waals surface area (Å²) >= 11 is 5.82. The molecule has 0 atom stereocenters. The fourth-order valence-corrected chi connectivity index (χ4v) is 1.88. The molecule has 1 heterocycles. The monoisotopic (exact) mass is 293 g/mol. The molecule has 7 heteroatoms. The van der Waals surface area contributed by atoms with Gasteiger partial charge in [0.15, 0.2) is 0 Å². The van der Waals surface area contributed by atoms with Crippen molar-refractivity contribution < 1.29 is 9.66 Å². The highest BCUT2D eigenvalue weighted by molar-refractivity contribution is 6.29. The van der Waals surface area contributed by atoms with E-state index in [-0.39, 0.29) is 16.7 Å². The molecule has 1 aromatic carbocycles. The second-order valence-corrected chi connectivity index (χ2v) is 4.38. The number of nitrogens with zero attached hydrogens (tertiary/aromatic N) is 3. The van der Waals surface area contributed by atoms with Crippen molar-refractivity contribution in [2.45, 2.75) is 0 Å². The van der Waals surface area contributed by atoms with Crippen LogP contribution in [0.5, 0.6) is 5.75 Å². The first-order chi connectivity index (χ1) is 9.52. The average Bonchev–Trinajstić information content (AvgIpc) is 2.46. The number of methoxy groups -OCH3 is 1. The summed E-state index contributed by atoms with van der Waals surface area (Å²) in [5, 5.41) is 11.2. The summed E-state index contributed by atoms with van der Waals surface area (Å²) in [6.45, 7) is 0. The second kappa shape index (κ2) is 5.75. The van der Waals surface area contributed by atoms with Gasteiger partial charge in [-0.3, -0.25) is 10.1 Å². The van der Waals surface area contributed by atoms with Crippen molar-refractivity contribution >= 4 is 28.8 Å². The van der Waals surface area contributed by atoms with Gasteiger partial charge in [0.05, 0.1) is 12.0 Å². The molecule has 0 radical (unpaired) electrons. The maximum atomic E-state index is 11.0. The maximum absolute atomic E-state index is 11.0. The molecule has 0 fully saturated rings. The van der Waals surface area contributed by atoms with Crippen LogP contribution in [0.2, 0.25) is 5.15 Å². The van der Waals surface area contributed by atoms with Crippen LogP contribution < -0.4 is 9.64 Å². The number of rotatable bonds is 4. The first-order valence-corrected chi connectivity index (χ1v) is 6.09. The zero-order valence-corrected chi connectivity index (χ0v) is 11.7. The van der Waals surface area contributed by atoms with Gasteiger partial charge in [0.2, 0.25) is 5.82 Å². The minimum atomic E-state index is -0.487. The van der Waals surface area contributed by atoms with Crippen molar-refractivity contribution in [1.82, 2.24) is 4.98 Å². The van der Waals surface area contributed by atoms with Crippen molar-refractivity contribution in [3.8, 4) is 5.75 Å². The summed E-state index contributed by atoms with van der Waals surface area (Å²) in [4.78, 5) is 16.2. The van der Waals surface area contributed by atoms with E-state index in [0.29, 0.717) is 5.75 Å². The third-order valence-corrected chi connectivity index (χ3v) is 3.01. The molecule has 6 nitrogen and oxygen atoms in total. The first kappa shape index (κ1) is 14.1.